The van der Waals surface area contributed by atoms with Crippen molar-refractivity contribution in [1.82, 2.24) is 0 Å². The first-order valence-corrected chi connectivity index (χ1v) is 16.7. The van der Waals surface area contributed by atoms with E-state index in [0.29, 0.717) is 5.71 Å². The van der Waals surface area contributed by atoms with E-state index >= 15 is 0 Å². The third-order valence-electron chi connectivity index (χ3n) is 5.94. The normalized spacial score (nSPS) is 17.9. The molecule has 0 saturated heterocycles. The fourth-order valence-corrected chi connectivity index (χ4v) is 4.74. The molecule has 5 heteroatoms. The second-order valence-corrected chi connectivity index (χ2v) is 11.8. The quantitative estimate of drug-likeness (QED) is 0.281. The molecule has 0 saturated carbocycles. The van der Waals surface area contributed by atoms with Crippen LogP contribution in [0.3, 0.4) is 0 Å². The van der Waals surface area contributed by atoms with Gasteiger partial charge in [0.15, 0.2) is 5.60 Å². The molecule has 0 aromatic heterocycles. The first-order valence-electron chi connectivity index (χ1n) is 10.4. The minimum atomic E-state index is -1.28. The Kier molecular flexibility index (Phi) is 7.03. The Morgan fingerprint density at radius 2 is 1.41 bits per heavy atom. The van der Waals surface area contributed by atoms with Gasteiger partial charge in [-0.1, -0.05) is 84.4 Å². The monoisotopic (exact) mass is 537 g/mol. The van der Waals surface area contributed by atoms with Crippen molar-refractivity contribution in [3.8, 4) is 0 Å². The molecule has 1 unspecified atom stereocenters. The summed E-state index contributed by atoms with van der Waals surface area (Å²) < 4.78 is 0. The maximum atomic E-state index is 12.2. The van der Waals surface area contributed by atoms with E-state index in [4.69, 9.17) is 22.0 Å². The Morgan fingerprint density at radius 3 is 2.03 bits per heavy atom. The summed E-state index contributed by atoms with van der Waals surface area (Å²) in [4.78, 5) is 5.13. The summed E-state index contributed by atoms with van der Waals surface area (Å²) in [6, 6.07) is 26.5. The molecule has 160 valence electrons. The van der Waals surface area contributed by atoms with E-state index in [9.17, 15) is 5.11 Å². The summed E-state index contributed by atoms with van der Waals surface area (Å²) in [5.74, 6) is 0. The summed E-state index contributed by atoms with van der Waals surface area (Å²) in [5, 5.41) is 14.4. The van der Waals surface area contributed by atoms with Crippen molar-refractivity contribution in [2.45, 2.75) is 26.4 Å². The van der Waals surface area contributed by atoms with Gasteiger partial charge in [0.1, 0.15) is 0 Å². The van der Waals surface area contributed by atoms with Crippen LogP contribution in [-0.2, 0) is 26.4 Å². The number of hydrogen-bond donors (Lipinski definition) is 1. The van der Waals surface area contributed by atoms with Crippen LogP contribution in [-0.4, -0.2) is 10.8 Å². The van der Waals surface area contributed by atoms with E-state index in [0.717, 1.165) is 44.3 Å². The zero-order valence-corrected chi connectivity index (χ0v) is 22.1. The zero-order chi connectivity index (χ0) is 22.9. The number of halogens is 2. The van der Waals surface area contributed by atoms with Crippen LogP contribution in [0.4, 0.5) is 5.69 Å². The van der Waals surface area contributed by atoms with Crippen molar-refractivity contribution in [3.05, 3.63) is 112 Å². The predicted molar refractivity (Wildman–Crippen MR) is 132 cm³/mol. The van der Waals surface area contributed by atoms with Crippen LogP contribution in [0.5, 0.6) is 0 Å². The van der Waals surface area contributed by atoms with Crippen LogP contribution in [0.25, 0.3) is 10.8 Å². The van der Waals surface area contributed by atoms with Crippen LogP contribution in [0.2, 0.25) is 0 Å². The summed E-state index contributed by atoms with van der Waals surface area (Å²) >= 11 is -0.826. The van der Waals surface area contributed by atoms with Gasteiger partial charge in [0.25, 0.3) is 0 Å². The van der Waals surface area contributed by atoms with Crippen molar-refractivity contribution in [2.75, 3.05) is 0 Å². The van der Waals surface area contributed by atoms with Gasteiger partial charge in [-0.25, -0.2) is 4.99 Å². The second kappa shape index (κ2) is 9.61. The summed E-state index contributed by atoms with van der Waals surface area (Å²) in [5.41, 5.74) is 6.55. The molecule has 1 atom stereocenters. The van der Waals surface area contributed by atoms with Crippen molar-refractivity contribution in [2.24, 2.45) is 4.99 Å². The Balaban J connectivity index is 0.000000775. The molecule has 0 spiro atoms. The van der Waals surface area contributed by atoms with Crippen LogP contribution >= 0.6 is 17.0 Å². The van der Waals surface area contributed by atoms with Crippen LogP contribution in [0, 0.1) is 20.8 Å². The molecule has 0 aliphatic heterocycles. The molecular formula is C27H23Cl2NOZr. The topological polar surface area (TPSA) is 32.6 Å². The van der Waals surface area contributed by atoms with E-state index in [-0.39, 0.29) is 0 Å². The summed E-state index contributed by atoms with van der Waals surface area (Å²) in [6.45, 7) is 6.27. The van der Waals surface area contributed by atoms with Gasteiger partial charge < -0.3 is 5.11 Å². The molecule has 5 rings (SSSR count). The number of aliphatic imine (C=N–C) groups is 1. The first kappa shape index (κ1) is 23.4. The van der Waals surface area contributed by atoms with Crippen molar-refractivity contribution >= 4 is 39.2 Å². The standard InChI is InChI=1S/C27H23NO.2ClH.Zr/c1-17-15-18(2)25(19(3)16-17)28-26-22-13-7-9-20-10-8-14-23(24(20)22)27(26,29)21-11-5-4-6-12-21;;;/h4-16,29H,1-3H3;2*1H;/q;;;+2/p-2. The van der Waals surface area contributed by atoms with Gasteiger partial charge in [-0.2, -0.15) is 0 Å². The number of nitrogens with zero attached hydrogens (tertiary/aromatic N) is 1. The van der Waals surface area contributed by atoms with E-state index in [1.807, 2.05) is 48.5 Å². The van der Waals surface area contributed by atoms with Gasteiger partial charge >= 0.3 is 37.9 Å². The SMILES string of the molecule is Cc1cc(C)c(N=C2c3cccc4cccc(c34)C2(O)c2ccccc2)c(C)c1.[Cl][Zr][Cl]. The predicted octanol–water partition coefficient (Wildman–Crippen LogP) is 7.51. The van der Waals surface area contributed by atoms with Gasteiger partial charge in [-0.15, -0.1) is 0 Å². The van der Waals surface area contributed by atoms with E-state index in [2.05, 4.69) is 51.1 Å². The van der Waals surface area contributed by atoms with Crippen molar-refractivity contribution in [1.29, 1.82) is 0 Å². The van der Waals surface area contributed by atoms with E-state index < -0.39 is 26.4 Å². The van der Waals surface area contributed by atoms with Gasteiger partial charge in [0.2, 0.25) is 0 Å². The first-order chi connectivity index (χ1) is 15.4. The number of rotatable bonds is 2. The average molecular weight is 540 g/mol. The Labute approximate surface area is 207 Å². The molecule has 0 amide bonds. The van der Waals surface area contributed by atoms with Gasteiger partial charge in [0, 0.05) is 11.1 Å². The van der Waals surface area contributed by atoms with Gasteiger partial charge in [0.05, 0.1) is 11.4 Å². The average Bonchev–Trinajstić information content (AvgIpc) is 3.03. The Bertz CT molecular complexity index is 1290. The molecule has 32 heavy (non-hydrogen) atoms. The molecule has 4 aromatic rings. The third-order valence-corrected chi connectivity index (χ3v) is 5.94. The molecule has 1 N–H and O–H groups in total. The molecule has 0 bridgehead atoms. The van der Waals surface area contributed by atoms with Gasteiger partial charge in [-0.05, 0) is 48.2 Å². The zero-order valence-electron chi connectivity index (χ0n) is 18.2. The van der Waals surface area contributed by atoms with Crippen LogP contribution in [0.15, 0.2) is 83.9 Å². The Hall–Kier alpha value is -1.77. The molecular weight excluding hydrogens is 516 g/mol. The Morgan fingerprint density at radius 1 is 0.812 bits per heavy atom. The fraction of sp³-hybridized carbons (Fsp3) is 0.148. The third kappa shape index (κ3) is 4.01. The van der Waals surface area contributed by atoms with E-state index in [1.54, 1.807) is 0 Å². The minimum absolute atomic E-state index is 0.700. The maximum absolute atomic E-state index is 12.2. The molecule has 0 radical (unpaired) electrons. The van der Waals surface area contributed by atoms with E-state index in [1.165, 1.54) is 5.56 Å². The van der Waals surface area contributed by atoms with Crippen LogP contribution < -0.4 is 0 Å². The van der Waals surface area contributed by atoms with Crippen molar-refractivity contribution < 1.29 is 26.0 Å². The number of hydrogen-bond acceptors (Lipinski definition) is 2. The van der Waals surface area contributed by atoms with Gasteiger partial charge in [-0.3, -0.25) is 0 Å². The summed E-state index contributed by atoms with van der Waals surface area (Å²) in [7, 11) is 9.87. The molecule has 0 heterocycles. The molecule has 4 aromatic carbocycles. The molecule has 1 aliphatic rings. The van der Waals surface area contributed by atoms with Crippen molar-refractivity contribution in [3.63, 3.8) is 0 Å². The number of benzene rings is 4. The number of aliphatic hydroxyl groups is 1. The molecule has 2 nitrogen and oxygen atoms in total. The number of aryl methyl sites for hydroxylation is 3. The molecule has 0 fully saturated rings. The summed E-state index contributed by atoms with van der Waals surface area (Å²) in [6.07, 6.45) is 0. The fourth-order valence-electron chi connectivity index (χ4n) is 4.74. The second-order valence-electron chi connectivity index (χ2n) is 8.06. The molecule has 1 aliphatic carbocycles. The van der Waals surface area contributed by atoms with Crippen LogP contribution in [0.1, 0.15) is 33.4 Å².